The van der Waals surface area contributed by atoms with Crippen LogP contribution in [0.25, 0.3) is 0 Å². The highest BCUT2D eigenvalue weighted by molar-refractivity contribution is 5.93. The van der Waals surface area contributed by atoms with E-state index in [1.165, 1.54) is 22.3 Å². The molecule has 0 saturated heterocycles. The summed E-state index contributed by atoms with van der Waals surface area (Å²) in [6, 6.07) is 4.45. The van der Waals surface area contributed by atoms with Gasteiger partial charge in [0, 0.05) is 6.54 Å². The molecule has 0 unspecified atom stereocenters. The van der Waals surface area contributed by atoms with E-state index in [-0.39, 0.29) is 31.0 Å². The average Bonchev–Trinajstić information content (AvgIpc) is 2.62. The lowest BCUT2D eigenvalue weighted by Gasteiger charge is -2.22. The van der Waals surface area contributed by atoms with E-state index in [0.717, 1.165) is 6.42 Å². The highest BCUT2D eigenvalue weighted by Crippen LogP contribution is 2.27. The number of alkyl carbamates (subject to hydrolysis) is 1. The first-order valence-corrected chi connectivity index (χ1v) is 10.5. The second-order valence-corrected chi connectivity index (χ2v) is 8.51. The van der Waals surface area contributed by atoms with Crippen molar-refractivity contribution in [3.8, 4) is 0 Å². The molecule has 0 spiro atoms. The van der Waals surface area contributed by atoms with Gasteiger partial charge in [-0.05, 0) is 61.4 Å². The molecule has 0 aromatic heterocycles. The quantitative estimate of drug-likeness (QED) is 0.643. The van der Waals surface area contributed by atoms with Gasteiger partial charge >= 0.3 is 6.09 Å². The van der Waals surface area contributed by atoms with Crippen molar-refractivity contribution in [1.82, 2.24) is 15.5 Å². The number of imide groups is 1. The van der Waals surface area contributed by atoms with Crippen LogP contribution in [0.2, 0.25) is 0 Å². The highest BCUT2D eigenvalue weighted by atomic mass is 16.5. The van der Waals surface area contributed by atoms with Crippen LogP contribution in [0.4, 0.5) is 4.79 Å². The van der Waals surface area contributed by atoms with Gasteiger partial charge in [0.2, 0.25) is 11.8 Å². The van der Waals surface area contributed by atoms with Crippen LogP contribution in [0.3, 0.4) is 0 Å². The Kier molecular flexibility index (Phi) is 9.99. The van der Waals surface area contributed by atoms with E-state index in [1.54, 1.807) is 11.8 Å². The highest BCUT2D eigenvalue weighted by Gasteiger charge is 2.17. The van der Waals surface area contributed by atoms with Crippen LogP contribution < -0.4 is 10.6 Å². The van der Waals surface area contributed by atoms with Crippen LogP contribution in [0.1, 0.15) is 56.9 Å². The maximum Gasteiger partial charge on any atom is 0.413 e. The number of nitrogens with one attached hydrogen (secondary N) is 2. The van der Waals surface area contributed by atoms with E-state index in [1.807, 2.05) is 6.92 Å². The second kappa shape index (κ2) is 11.7. The van der Waals surface area contributed by atoms with Crippen molar-refractivity contribution >= 4 is 17.9 Å². The summed E-state index contributed by atoms with van der Waals surface area (Å²) in [5, 5.41) is 5.06. The molecule has 168 valence electrons. The van der Waals surface area contributed by atoms with Crippen LogP contribution in [-0.4, -0.2) is 55.6 Å². The Morgan fingerprint density at radius 2 is 1.57 bits per heavy atom. The number of ether oxygens (including phenoxy) is 1. The van der Waals surface area contributed by atoms with Gasteiger partial charge in [-0.1, -0.05) is 39.8 Å². The molecule has 3 amide bonds. The fourth-order valence-corrected chi connectivity index (χ4v) is 3.21. The van der Waals surface area contributed by atoms with E-state index < -0.39 is 12.0 Å². The molecule has 0 atom stereocenters. The molecule has 7 heteroatoms. The lowest BCUT2D eigenvalue weighted by Crippen LogP contribution is -2.44. The Bertz CT molecular complexity index is 730. The summed E-state index contributed by atoms with van der Waals surface area (Å²) >= 11 is 0. The van der Waals surface area contributed by atoms with Crippen LogP contribution in [0.15, 0.2) is 12.1 Å². The fraction of sp³-hybridized carbons (Fsp3) is 0.609. The topological polar surface area (TPSA) is 87.7 Å². The molecule has 0 bridgehead atoms. The zero-order valence-electron chi connectivity index (χ0n) is 19.5. The molecule has 1 aromatic carbocycles. The zero-order valence-corrected chi connectivity index (χ0v) is 19.5. The summed E-state index contributed by atoms with van der Waals surface area (Å²) in [5.74, 6) is -0.643. The van der Waals surface area contributed by atoms with Crippen molar-refractivity contribution < 1.29 is 19.1 Å². The Balaban J connectivity index is 2.54. The molecule has 0 aliphatic heterocycles. The minimum absolute atomic E-state index is 0.0464. The van der Waals surface area contributed by atoms with Crippen molar-refractivity contribution in [3.05, 3.63) is 34.4 Å². The molecule has 30 heavy (non-hydrogen) atoms. The number of nitrogens with zero attached hydrogens (tertiary/aromatic N) is 1. The molecule has 7 nitrogen and oxygen atoms in total. The van der Waals surface area contributed by atoms with E-state index in [9.17, 15) is 14.4 Å². The minimum Gasteiger partial charge on any atom is -0.450 e. The number of aryl methyl sites for hydroxylation is 2. The maximum absolute atomic E-state index is 12.3. The van der Waals surface area contributed by atoms with Crippen molar-refractivity contribution in [2.45, 2.75) is 60.3 Å². The van der Waals surface area contributed by atoms with Crippen LogP contribution in [0.5, 0.6) is 0 Å². The van der Waals surface area contributed by atoms with Crippen molar-refractivity contribution in [3.63, 3.8) is 0 Å². The van der Waals surface area contributed by atoms with E-state index in [0.29, 0.717) is 13.1 Å². The molecule has 0 aliphatic rings. The monoisotopic (exact) mass is 419 g/mol. The van der Waals surface area contributed by atoms with Gasteiger partial charge in [-0.2, -0.15) is 0 Å². The van der Waals surface area contributed by atoms with Gasteiger partial charge in [0.15, 0.2) is 0 Å². The van der Waals surface area contributed by atoms with Crippen molar-refractivity contribution in [2.75, 3.05) is 32.8 Å². The fourth-order valence-electron chi connectivity index (χ4n) is 3.21. The third kappa shape index (κ3) is 8.53. The summed E-state index contributed by atoms with van der Waals surface area (Å²) in [5.41, 5.74) is 5.14. The number of benzene rings is 1. The normalized spacial score (nSPS) is 11.3. The first-order chi connectivity index (χ1) is 14.0. The Morgan fingerprint density at radius 1 is 1.00 bits per heavy atom. The first-order valence-electron chi connectivity index (χ1n) is 10.5. The molecule has 0 radical (unpaired) electrons. The van der Waals surface area contributed by atoms with Crippen molar-refractivity contribution in [1.29, 1.82) is 0 Å². The van der Waals surface area contributed by atoms with Gasteiger partial charge in [-0.3, -0.25) is 19.8 Å². The summed E-state index contributed by atoms with van der Waals surface area (Å²) < 4.78 is 4.68. The summed E-state index contributed by atoms with van der Waals surface area (Å²) in [6.07, 6.45) is -0.0187. The summed E-state index contributed by atoms with van der Waals surface area (Å²) in [7, 11) is 0. The SMILES string of the molecule is CCOC(=O)NC(=O)CN(CC)CC(=O)NCCc1c(C)cc(C(C)(C)C)cc1C. The Labute approximate surface area is 180 Å². The third-order valence-electron chi connectivity index (χ3n) is 4.96. The van der Waals surface area contributed by atoms with Gasteiger partial charge in [-0.25, -0.2) is 4.79 Å². The number of carbonyl (C=O) groups is 3. The minimum atomic E-state index is -0.772. The third-order valence-corrected chi connectivity index (χ3v) is 4.96. The predicted molar refractivity (Wildman–Crippen MR) is 119 cm³/mol. The number of hydrogen-bond acceptors (Lipinski definition) is 5. The standard InChI is InChI=1S/C23H37N3O4/c1-8-26(15-21(28)25-22(29)30-9-2)14-20(27)24-11-10-19-16(3)12-18(13-17(19)4)23(5,6)7/h12-13H,8-11,14-15H2,1-7H3,(H,24,27)(H,25,28,29). The molecule has 1 rings (SSSR count). The van der Waals surface area contributed by atoms with Crippen molar-refractivity contribution in [2.24, 2.45) is 0 Å². The van der Waals surface area contributed by atoms with Crippen LogP contribution in [0, 0.1) is 13.8 Å². The molecular weight excluding hydrogens is 382 g/mol. The Morgan fingerprint density at radius 3 is 2.07 bits per heavy atom. The smallest absolute Gasteiger partial charge is 0.413 e. The molecule has 0 heterocycles. The van der Waals surface area contributed by atoms with Gasteiger partial charge in [0.1, 0.15) is 0 Å². The number of carbonyl (C=O) groups excluding carboxylic acids is 3. The summed E-state index contributed by atoms with van der Waals surface area (Å²) in [6.45, 7) is 15.6. The van der Waals surface area contributed by atoms with Gasteiger partial charge < -0.3 is 10.1 Å². The van der Waals surface area contributed by atoms with Crippen LogP contribution in [-0.2, 0) is 26.2 Å². The maximum atomic E-state index is 12.3. The molecule has 0 fully saturated rings. The molecule has 2 N–H and O–H groups in total. The average molecular weight is 420 g/mol. The molecular formula is C23H37N3O4. The Hall–Kier alpha value is -2.41. The lowest BCUT2D eigenvalue weighted by atomic mass is 9.83. The van der Waals surface area contributed by atoms with E-state index in [4.69, 9.17) is 0 Å². The van der Waals surface area contributed by atoms with Crippen LogP contribution >= 0.6 is 0 Å². The summed E-state index contributed by atoms with van der Waals surface area (Å²) in [4.78, 5) is 37.1. The zero-order chi connectivity index (χ0) is 22.9. The largest absolute Gasteiger partial charge is 0.450 e. The first kappa shape index (κ1) is 25.6. The van der Waals surface area contributed by atoms with E-state index >= 15 is 0 Å². The molecule has 0 aliphatic carbocycles. The van der Waals surface area contributed by atoms with E-state index in [2.05, 4.69) is 62.1 Å². The number of rotatable bonds is 9. The van der Waals surface area contributed by atoms with Gasteiger partial charge in [-0.15, -0.1) is 0 Å². The van der Waals surface area contributed by atoms with Gasteiger partial charge in [0.25, 0.3) is 0 Å². The molecule has 0 saturated carbocycles. The number of amides is 3. The lowest BCUT2D eigenvalue weighted by molar-refractivity contribution is -0.124. The number of likely N-dealkylation sites (N-methyl/N-ethyl adjacent to an activating group) is 1. The number of hydrogen-bond donors (Lipinski definition) is 2. The second-order valence-electron chi connectivity index (χ2n) is 8.51. The predicted octanol–water partition coefficient (Wildman–Crippen LogP) is 2.85. The van der Waals surface area contributed by atoms with Gasteiger partial charge in [0.05, 0.1) is 19.7 Å². The molecule has 1 aromatic rings.